The average Bonchev–Trinajstić information content (AvgIpc) is 2.87. The van der Waals surface area contributed by atoms with Crippen LogP contribution in [-0.2, 0) is 15.0 Å². The molecule has 4 nitrogen and oxygen atoms in total. The molecule has 2 rings (SSSR count). The second kappa shape index (κ2) is 5.44. The molecular formula is C15H18ClNO3. The van der Waals surface area contributed by atoms with E-state index in [1.165, 1.54) is 4.90 Å². The number of halogens is 1. The van der Waals surface area contributed by atoms with Crippen molar-refractivity contribution in [2.75, 3.05) is 6.54 Å². The first-order valence-corrected chi connectivity index (χ1v) is 7.02. The molecule has 0 saturated carbocycles. The molecular weight excluding hydrogens is 278 g/mol. The van der Waals surface area contributed by atoms with Gasteiger partial charge >= 0.3 is 5.97 Å². The molecule has 0 spiro atoms. The molecule has 1 unspecified atom stereocenters. The van der Waals surface area contributed by atoms with Crippen molar-refractivity contribution in [3.63, 3.8) is 0 Å². The molecule has 1 fully saturated rings. The molecule has 1 aromatic rings. The molecule has 5 heteroatoms. The highest BCUT2D eigenvalue weighted by Gasteiger charge is 2.41. The number of carbonyl (C=O) groups excluding carboxylic acids is 1. The van der Waals surface area contributed by atoms with E-state index in [0.717, 1.165) is 12.0 Å². The topological polar surface area (TPSA) is 57.6 Å². The second-order valence-electron chi connectivity index (χ2n) is 5.63. The normalized spacial score (nSPS) is 19.1. The summed E-state index contributed by atoms with van der Waals surface area (Å²) in [6, 6.07) is 6.40. The number of amides is 1. The first-order valence-electron chi connectivity index (χ1n) is 6.64. The van der Waals surface area contributed by atoms with Crippen molar-refractivity contribution in [1.82, 2.24) is 4.90 Å². The van der Waals surface area contributed by atoms with Crippen molar-refractivity contribution in [1.29, 1.82) is 0 Å². The van der Waals surface area contributed by atoms with Crippen LogP contribution in [0.4, 0.5) is 0 Å². The van der Waals surface area contributed by atoms with Gasteiger partial charge in [0.2, 0.25) is 5.91 Å². The van der Waals surface area contributed by atoms with Gasteiger partial charge in [0.05, 0.1) is 5.41 Å². The highest BCUT2D eigenvalue weighted by Crippen LogP contribution is 2.30. The largest absolute Gasteiger partial charge is 0.480 e. The fourth-order valence-electron chi connectivity index (χ4n) is 2.62. The molecule has 108 valence electrons. The summed E-state index contributed by atoms with van der Waals surface area (Å²) >= 11 is 5.86. The lowest BCUT2D eigenvalue weighted by Gasteiger charge is -2.32. The fraction of sp³-hybridized carbons (Fsp3) is 0.467. The van der Waals surface area contributed by atoms with Crippen LogP contribution in [0.2, 0.25) is 5.02 Å². The van der Waals surface area contributed by atoms with Crippen LogP contribution in [0.25, 0.3) is 0 Å². The molecule has 0 bridgehead atoms. The number of carboxylic acids is 1. The summed E-state index contributed by atoms with van der Waals surface area (Å²) in [5, 5.41) is 9.81. The van der Waals surface area contributed by atoms with Gasteiger partial charge in [0, 0.05) is 11.6 Å². The molecule has 1 aromatic carbocycles. The van der Waals surface area contributed by atoms with Crippen molar-refractivity contribution in [3.05, 3.63) is 34.9 Å². The van der Waals surface area contributed by atoms with Crippen LogP contribution in [0, 0.1) is 0 Å². The molecule has 1 aliphatic rings. The van der Waals surface area contributed by atoms with Crippen molar-refractivity contribution >= 4 is 23.5 Å². The molecule has 0 radical (unpaired) electrons. The quantitative estimate of drug-likeness (QED) is 0.933. The minimum Gasteiger partial charge on any atom is -0.480 e. The van der Waals surface area contributed by atoms with E-state index in [0.29, 0.717) is 18.0 Å². The van der Waals surface area contributed by atoms with Crippen LogP contribution in [0.3, 0.4) is 0 Å². The average molecular weight is 296 g/mol. The summed E-state index contributed by atoms with van der Waals surface area (Å²) in [6.07, 6.45) is 1.26. The number of likely N-dealkylation sites (tertiary alicyclic amines) is 1. The zero-order chi connectivity index (χ0) is 14.9. The van der Waals surface area contributed by atoms with E-state index in [9.17, 15) is 14.7 Å². The Hall–Kier alpha value is -1.55. The maximum atomic E-state index is 12.7. The molecule has 1 aliphatic heterocycles. The van der Waals surface area contributed by atoms with Crippen LogP contribution in [0.1, 0.15) is 32.3 Å². The van der Waals surface area contributed by atoms with Gasteiger partial charge in [0.15, 0.2) is 0 Å². The highest BCUT2D eigenvalue weighted by atomic mass is 35.5. The van der Waals surface area contributed by atoms with Crippen LogP contribution in [0.15, 0.2) is 24.3 Å². The summed E-state index contributed by atoms with van der Waals surface area (Å²) in [5.74, 6) is -1.08. The molecule has 1 N–H and O–H groups in total. The molecule has 1 amide bonds. The van der Waals surface area contributed by atoms with Crippen LogP contribution >= 0.6 is 11.6 Å². The Bertz CT molecular complexity index is 524. The molecule has 0 aliphatic carbocycles. The van der Waals surface area contributed by atoms with Gasteiger partial charge in [-0.25, -0.2) is 4.79 Å². The molecule has 20 heavy (non-hydrogen) atoms. The first-order chi connectivity index (χ1) is 9.34. The Labute approximate surface area is 123 Å². The number of aliphatic carboxylic acids is 1. The number of hydrogen-bond donors (Lipinski definition) is 1. The molecule has 1 heterocycles. The predicted octanol–water partition coefficient (Wildman–Crippen LogP) is 2.69. The number of carbonyl (C=O) groups is 2. The summed E-state index contributed by atoms with van der Waals surface area (Å²) in [5.41, 5.74) is 0.0748. The minimum atomic E-state index is -0.928. The standard InChI is InChI=1S/C15H18ClNO3/c1-15(2,10-5-7-11(16)8-6-10)14(20)17-9-3-4-12(17)13(18)19/h5-8,12H,3-4,9H2,1-2H3,(H,18,19). The van der Waals surface area contributed by atoms with Crippen LogP contribution in [0.5, 0.6) is 0 Å². The third-order valence-electron chi connectivity index (χ3n) is 3.90. The number of carboxylic acid groups (broad SMARTS) is 1. The first kappa shape index (κ1) is 14.9. The Morgan fingerprint density at radius 2 is 1.90 bits per heavy atom. The van der Waals surface area contributed by atoms with Crippen LogP contribution in [-0.4, -0.2) is 34.5 Å². The van der Waals surface area contributed by atoms with E-state index in [2.05, 4.69) is 0 Å². The number of hydrogen-bond acceptors (Lipinski definition) is 2. The Kier molecular flexibility index (Phi) is 4.04. The predicted molar refractivity (Wildman–Crippen MR) is 76.8 cm³/mol. The maximum absolute atomic E-state index is 12.7. The zero-order valence-electron chi connectivity index (χ0n) is 11.6. The lowest BCUT2D eigenvalue weighted by molar-refractivity contribution is -0.150. The Morgan fingerprint density at radius 3 is 2.45 bits per heavy atom. The van der Waals surface area contributed by atoms with Crippen molar-refractivity contribution < 1.29 is 14.7 Å². The highest BCUT2D eigenvalue weighted by molar-refractivity contribution is 6.30. The summed E-state index contributed by atoms with van der Waals surface area (Å²) in [4.78, 5) is 25.4. The van der Waals surface area contributed by atoms with Gasteiger partial charge in [-0.15, -0.1) is 0 Å². The van der Waals surface area contributed by atoms with Crippen molar-refractivity contribution in [3.8, 4) is 0 Å². The number of benzene rings is 1. The van der Waals surface area contributed by atoms with E-state index < -0.39 is 17.4 Å². The van der Waals surface area contributed by atoms with E-state index in [1.807, 2.05) is 26.0 Å². The van der Waals surface area contributed by atoms with E-state index in [-0.39, 0.29) is 5.91 Å². The fourth-order valence-corrected chi connectivity index (χ4v) is 2.74. The van der Waals surface area contributed by atoms with E-state index in [4.69, 9.17) is 11.6 Å². The van der Waals surface area contributed by atoms with Gasteiger partial charge in [-0.2, -0.15) is 0 Å². The maximum Gasteiger partial charge on any atom is 0.326 e. The lowest BCUT2D eigenvalue weighted by atomic mass is 9.83. The summed E-state index contributed by atoms with van der Waals surface area (Å²) in [7, 11) is 0. The van der Waals surface area contributed by atoms with Gasteiger partial charge < -0.3 is 10.0 Å². The minimum absolute atomic E-state index is 0.148. The van der Waals surface area contributed by atoms with Gasteiger partial charge in [0.1, 0.15) is 6.04 Å². The van der Waals surface area contributed by atoms with Crippen molar-refractivity contribution in [2.45, 2.75) is 38.1 Å². The van der Waals surface area contributed by atoms with E-state index >= 15 is 0 Å². The van der Waals surface area contributed by atoms with Crippen molar-refractivity contribution in [2.24, 2.45) is 0 Å². The van der Waals surface area contributed by atoms with Gasteiger partial charge in [-0.1, -0.05) is 23.7 Å². The monoisotopic (exact) mass is 295 g/mol. The lowest BCUT2D eigenvalue weighted by Crippen LogP contribution is -2.48. The molecule has 1 atom stereocenters. The van der Waals surface area contributed by atoms with Gasteiger partial charge in [-0.3, -0.25) is 4.79 Å². The van der Waals surface area contributed by atoms with Gasteiger partial charge in [-0.05, 0) is 44.4 Å². The van der Waals surface area contributed by atoms with Crippen LogP contribution < -0.4 is 0 Å². The third kappa shape index (κ3) is 2.66. The second-order valence-corrected chi connectivity index (χ2v) is 6.06. The summed E-state index contributed by atoms with van der Waals surface area (Å²) < 4.78 is 0. The SMILES string of the molecule is CC(C)(C(=O)N1CCCC1C(=O)O)c1ccc(Cl)cc1. The van der Waals surface area contributed by atoms with Gasteiger partial charge in [0.25, 0.3) is 0 Å². The summed E-state index contributed by atoms with van der Waals surface area (Å²) in [6.45, 7) is 4.14. The zero-order valence-corrected chi connectivity index (χ0v) is 12.4. The Balaban J connectivity index is 2.26. The number of rotatable bonds is 3. The third-order valence-corrected chi connectivity index (χ3v) is 4.15. The smallest absolute Gasteiger partial charge is 0.326 e. The molecule has 0 aromatic heterocycles. The van der Waals surface area contributed by atoms with E-state index in [1.54, 1.807) is 12.1 Å². The Morgan fingerprint density at radius 1 is 1.30 bits per heavy atom. The molecule has 1 saturated heterocycles. The number of nitrogens with zero attached hydrogens (tertiary/aromatic N) is 1.